The maximum absolute atomic E-state index is 13.2. The van der Waals surface area contributed by atoms with E-state index in [1.807, 2.05) is 4.90 Å². The molecule has 1 amide bonds. The second-order valence-corrected chi connectivity index (χ2v) is 8.03. The number of aliphatic carboxylic acids is 2. The first-order valence-corrected chi connectivity index (χ1v) is 11.1. The van der Waals surface area contributed by atoms with Crippen LogP contribution in [-0.4, -0.2) is 78.9 Å². The van der Waals surface area contributed by atoms with Gasteiger partial charge in [0.05, 0.1) is 36.7 Å². The Labute approximate surface area is 195 Å². The fourth-order valence-electron chi connectivity index (χ4n) is 3.76. The van der Waals surface area contributed by atoms with Crippen LogP contribution < -0.4 is 10.2 Å². The Morgan fingerprint density at radius 2 is 1.47 bits per heavy atom. The average Bonchev–Trinajstić information content (AvgIpc) is 2.76. The first-order chi connectivity index (χ1) is 16.1. The van der Waals surface area contributed by atoms with Crippen LogP contribution >= 0.6 is 0 Å². The zero-order valence-electron chi connectivity index (χ0n) is 18.8. The monoisotopic (exact) mass is 489 g/mol. The number of carboxylic acid groups (broad SMARTS) is 2. The molecule has 1 aromatic rings. The molecular formula is C22H30F3N3O6. The predicted molar refractivity (Wildman–Crippen MR) is 118 cm³/mol. The summed E-state index contributed by atoms with van der Waals surface area (Å²) in [6.07, 6.45) is 1.20. The minimum Gasteiger partial charge on any atom is -0.473 e. The molecule has 1 aromatic carbocycles. The number of ether oxygens (including phenoxy) is 1. The Kier molecular flexibility index (Phi) is 10.6. The summed E-state index contributed by atoms with van der Waals surface area (Å²) in [4.78, 5) is 34.8. The molecule has 34 heavy (non-hydrogen) atoms. The highest BCUT2D eigenvalue weighted by Gasteiger charge is 2.32. The van der Waals surface area contributed by atoms with Crippen molar-refractivity contribution in [3.63, 3.8) is 0 Å². The summed E-state index contributed by atoms with van der Waals surface area (Å²) in [5.41, 5.74) is 0.0668. The Balaban J connectivity index is 0.000000604. The molecule has 0 unspecified atom stereocenters. The third kappa shape index (κ3) is 9.18. The van der Waals surface area contributed by atoms with Crippen molar-refractivity contribution >= 4 is 29.2 Å². The maximum Gasteiger partial charge on any atom is 0.416 e. The number of anilines is 2. The quantitative estimate of drug-likeness (QED) is 0.553. The van der Waals surface area contributed by atoms with Gasteiger partial charge in [0.25, 0.3) is 0 Å². The number of carbonyl (C=O) groups is 3. The molecule has 2 saturated heterocycles. The lowest BCUT2D eigenvalue weighted by Gasteiger charge is -2.31. The summed E-state index contributed by atoms with van der Waals surface area (Å²) in [5, 5.41) is 17.5. The molecule has 3 rings (SSSR count). The molecule has 0 radical (unpaired) electrons. The number of nitrogens with zero attached hydrogens (tertiary/aromatic N) is 2. The van der Waals surface area contributed by atoms with Crippen LogP contribution in [0.4, 0.5) is 24.5 Å². The van der Waals surface area contributed by atoms with Crippen LogP contribution in [0, 0.1) is 0 Å². The van der Waals surface area contributed by atoms with Crippen molar-refractivity contribution in [2.45, 2.75) is 38.3 Å². The van der Waals surface area contributed by atoms with Gasteiger partial charge < -0.3 is 25.2 Å². The lowest BCUT2D eigenvalue weighted by molar-refractivity contribution is -0.159. The van der Waals surface area contributed by atoms with E-state index in [0.717, 1.165) is 50.9 Å². The topological polar surface area (TPSA) is 119 Å². The summed E-state index contributed by atoms with van der Waals surface area (Å²) in [6, 6.07) is 3.55. The number of likely N-dealkylation sites (tertiary alicyclic amines) is 1. The van der Waals surface area contributed by atoms with Crippen LogP contribution in [0.3, 0.4) is 0 Å². The van der Waals surface area contributed by atoms with Crippen LogP contribution in [0.25, 0.3) is 0 Å². The number of halogens is 3. The molecule has 0 atom stereocenters. The number of nitrogens with one attached hydrogen (secondary N) is 1. The van der Waals surface area contributed by atoms with Gasteiger partial charge in [0.1, 0.15) is 0 Å². The Morgan fingerprint density at radius 3 is 2.00 bits per heavy atom. The van der Waals surface area contributed by atoms with Gasteiger partial charge >= 0.3 is 18.1 Å². The summed E-state index contributed by atoms with van der Waals surface area (Å²) < 4.78 is 44.9. The van der Waals surface area contributed by atoms with Crippen LogP contribution in [0.5, 0.6) is 0 Å². The Morgan fingerprint density at radius 1 is 0.912 bits per heavy atom. The number of hydrogen-bond acceptors (Lipinski definition) is 6. The summed E-state index contributed by atoms with van der Waals surface area (Å²) in [7, 11) is 0. The second kappa shape index (κ2) is 13.1. The zero-order valence-corrected chi connectivity index (χ0v) is 18.8. The largest absolute Gasteiger partial charge is 0.473 e. The fourth-order valence-corrected chi connectivity index (χ4v) is 3.76. The van der Waals surface area contributed by atoms with Gasteiger partial charge in [0, 0.05) is 13.1 Å². The molecule has 0 spiro atoms. The number of carboxylic acids is 2. The van der Waals surface area contributed by atoms with Gasteiger partial charge in [-0.1, -0.05) is 19.3 Å². The smallest absolute Gasteiger partial charge is 0.416 e. The van der Waals surface area contributed by atoms with Gasteiger partial charge in [-0.2, -0.15) is 13.2 Å². The fraction of sp³-hybridized carbons (Fsp3) is 0.591. The minimum absolute atomic E-state index is 0.207. The van der Waals surface area contributed by atoms with Crippen molar-refractivity contribution in [2.24, 2.45) is 0 Å². The highest BCUT2D eigenvalue weighted by Crippen LogP contribution is 2.35. The first-order valence-electron chi connectivity index (χ1n) is 11.1. The molecule has 190 valence electrons. The molecule has 2 fully saturated rings. The van der Waals surface area contributed by atoms with Crippen LogP contribution in [-0.2, 0) is 25.3 Å². The third-order valence-corrected chi connectivity index (χ3v) is 5.45. The van der Waals surface area contributed by atoms with Crippen molar-refractivity contribution in [1.82, 2.24) is 4.90 Å². The number of alkyl halides is 3. The normalized spacial score (nSPS) is 17.6. The molecule has 2 aliphatic rings. The molecule has 2 heterocycles. The summed E-state index contributed by atoms with van der Waals surface area (Å²) in [5.74, 6) is -3.92. The summed E-state index contributed by atoms with van der Waals surface area (Å²) in [6.45, 7) is 4.11. The highest BCUT2D eigenvalue weighted by atomic mass is 19.4. The van der Waals surface area contributed by atoms with Gasteiger partial charge in [-0.25, -0.2) is 9.59 Å². The minimum atomic E-state index is -4.45. The lowest BCUT2D eigenvalue weighted by atomic mass is 10.1. The van der Waals surface area contributed by atoms with Crippen molar-refractivity contribution < 1.29 is 42.5 Å². The third-order valence-electron chi connectivity index (χ3n) is 5.45. The van der Waals surface area contributed by atoms with Crippen molar-refractivity contribution in [1.29, 1.82) is 0 Å². The molecule has 0 aromatic heterocycles. The molecule has 0 aliphatic carbocycles. The number of morpholine rings is 1. The Hall–Kier alpha value is -2.86. The van der Waals surface area contributed by atoms with Crippen molar-refractivity contribution in [3.8, 4) is 0 Å². The SMILES string of the molecule is O=C(CN1CCCCCCC1)Nc1cc(C(F)(F)F)ccc1N1CCOCC1.O=C(O)C(=O)O. The number of rotatable bonds is 4. The van der Waals surface area contributed by atoms with E-state index in [-0.39, 0.29) is 18.1 Å². The van der Waals surface area contributed by atoms with E-state index in [0.29, 0.717) is 32.0 Å². The molecule has 3 N–H and O–H groups in total. The van der Waals surface area contributed by atoms with Gasteiger partial charge in [0.15, 0.2) is 0 Å². The van der Waals surface area contributed by atoms with Crippen LogP contribution in [0.2, 0.25) is 0 Å². The van der Waals surface area contributed by atoms with Crippen LogP contribution in [0.15, 0.2) is 18.2 Å². The molecule has 9 nitrogen and oxygen atoms in total. The van der Waals surface area contributed by atoms with Gasteiger partial charge in [-0.3, -0.25) is 9.69 Å². The van der Waals surface area contributed by atoms with E-state index < -0.39 is 23.7 Å². The standard InChI is InChI=1S/C20H28F3N3O2.C2H2O4/c21-20(22,23)16-6-7-18(26-10-12-28-13-11-26)17(14-16)24-19(27)15-25-8-4-2-1-3-5-9-25;3-1(4)2(5)6/h6-7,14H,1-5,8-13,15H2,(H,24,27);(H,3,4)(H,5,6). The van der Waals surface area contributed by atoms with E-state index in [1.54, 1.807) is 0 Å². The first kappa shape index (κ1) is 27.4. The highest BCUT2D eigenvalue weighted by molar-refractivity contribution is 6.27. The molecular weight excluding hydrogens is 459 g/mol. The maximum atomic E-state index is 13.2. The van der Waals surface area contributed by atoms with E-state index >= 15 is 0 Å². The van der Waals surface area contributed by atoms with E-state index in [9.17, 15) is 18.0 Å². The number of benzene rings is 1. The molecule has 2 aliphatic heterocycles. The Bertz CT molecular complexity index is 824. The average molecular weight is 489 g/mol. The number of hydrogen-bond donors (Lipinski definition) is 3. The molecule has 0 bridgehead atoms. The van der Waals surface area contributed by atoms with Crippen LogP contribution in [0.1, 0.15) is 37.7 Å². The van der Waals surface area contributed by atoms with E-state index in [2.05, 4.69) is 10.2 Å². The van der Waals surface area contributed by atoms with E-state index in [1.165, 1.54) is 12.5 Å². The van der Waals surface area contributed by atoms with Gasteiger partial charge in [-0.15, -0.1) is 0 Å². The van der Waals surface area contributed by atoms with E-state index in [4.69, 9.17) is 24.5 Å². The number of carbonyl (C=O) groups excluding carboxylic acids is 1. The molecule has 0 saturated carbocycles. The summed E-state index contributed by atoms with van der Waals surface area (Å²) >= 11 is 0. The predicted octanol–water partition coefficient (Wildman–Crippen LogP) is 2.90. The van der Waals surface area contributed by atoms with Crippen molar-refractivity contribution in [3.05, 3.63) is 23.8 Å². The van der Waals surface area contributed by atoms with Gasteiger partial charge in [-0.05, 0) is 44.1 Å². The number of amides is 1. The zero-order chi connectivity index (χ0) is 25.1. The van der Waals surface area contributed by atoms with Gasteiger partial charge in [0.2, 0.25) is 5.91 Å². The lowest BCUT2D eigenvalue weighted by Crippen LogP contribution is -2.38. The van der Waals surface area contributed by atoms with Crippen molar-refractivity contribution in [2.75, 3.05) is 56.2 Å². The molecule has 12 heteroatoms. The second-order valence-electron chi connectivity index (χ2n) is 8.03.